The van der Waals surface area contributed by atoms with E-state index in [1.807, 2.05) is 0 Å². The first kappa shape index (κ1) is 15.4. The number of hydrogen-bond acceptors (Lipinski definition) is 3. The molecule has 0 saturated heterocycles. The predicted octanol–water partition coefficient (Wildman–Crippen LogP) is 3.38. The Morgan fingerprint density at radius 3 is 2.32 bits per heavy atom. The van der Waals surface area contributed by atoms with Crippen LogP contribution in [0.4, 0.5) is 26.3 Å². The van der Waals surface area contributed by atoms with Gasteiger partial charge < -0.3 is 9.84 Å². The summed E-state index contributed by atoms with van der Waals surface area (Å²) in [6.45, 7) is 0. The quantitative estimate of drug-likeness (QED) is 0.847. The third kappa shape index (κ3) is 2.31. The van der Waals surface area contributed by atoms with Crippen molar-refractivity contribution in [1.82, 2.24) is 4.98 Å². The van der Waals surface area contributed by atoms with Crippen LogP contribution in [-0.2, 0) is 6.18 Å². The van der Waals surface area contributed by atoms with E-state index < -0.39 is 59.5 Å². The van der Waals surface area contributed by atoms with Gasteiger partial charge in [0.2, 0.25) is 5.88 Å². The SMILES string of the molecule is O[C@H]1c2c(C(F)(F)F)cnc(O[C@H]3C[C@H](F)C3)c2[C@@H](F)[C@H]1F. The summed E-state index contributed by atoms with van der Waals surface area (Å²) < 4.78 is 84.2. The van der Waals surface area contributed by atoms with Gasteiger partial charge in [0.1, 0.15) is 18.4 Å². The number of pyridine rings is 1. The number of aliphatic hydroxyl groups is 1. The van der Waals surface area contributed by atoms with E-state index in [1.165, 1.54) is 0 Å². The molecular weight excluding hydrogens is 316 g/mol. The van der Waals surface area contributed by atoms with E-state index in [0.717, 1.165) is 0 Å². The molecule has 1 aromatic rings. The fourth-order valence-electron chi connectivity index (χ4n) is 2.66. The molecule has 0 aromatic carbocycles. The summed E-state index contributed by atoms with van der Waals surface area (Å²) in [6.07, 6.45) is -13.5. The van der Waals surface area contributed by atoms with Crippen LogP contribution in [0.1, 0.15) is 41.8 Å². The van der Waals surface area contributed by atoms with Crippen molar-refractivity contribution in [2.45, 2.75) is 49.7 Å². The van der Waals surface area contributed by atoms with Crippen LogP contribution in [0.3, 0.4) is 0 Å². The minimum Gasteiger partial charge on any atom is -0.474 e. The van der Waals surface area contributed by atoms with Gasteiger partial charge in [-0.3, -0.25) is 0 Å². The van der Waals surface area contributed by atoms with Gasteiger partial charge in [0.05, 0.1) is 11.1 Å². The van der Waals surface area contributed by atoms with E-state index in [4.69, 9.17) is 4.74 Å². The van der Waals surface area contributed by atoms with E-state index in [2.05, 4.69) is 4.98 Å². The number of halogens is 6. The molecule has 122 valence electrons. The molecular formula is C13H11F6NO2. The molecule has 0 amide bonds. The molecule has 2 aliphatic rings. The molecule has 1 heterocycles. The number of nitrogens with zero attached hydrogens (tertiary/aromatic N) is 1. The summed E-state index contributed by atoms with van der Waals surface area (Å²) in [6, 6.07) is 0. The van der Waals surface area contributed by atoms with Crippen LogP contribution in [0.25, 0.3) is 0 Å². The Hall–Kier alpha value is -1.51. The molecule has 9 heteroatoms. The molecule has 0 spiro atoms. The van der Waals surface area contributed by atoms with Gasteiger partial charge in [-0.25, -0.2) is 18.2 Å². The van der Waals surface area contributed by atoms with E-state index >= 15 is 0 Å². The third-order valence-electron chi connectivity index (χ3n) is 3.90. The number of alkyl halides is 6. The van der Waals surface area contributed by atoms with E-state index in [0.29, 0.717) is 6.20 Å². The highest BCUT2D eigenvalue weighted by Crippen LogP contribution is 2.51. The zero-order valence-electron chi connectivity index (χ0n) is 10.9. The molecule has 3 rings (SSSR count). The second-order valence-corrected chi connectivity index (χ2v) is 5.40. The fourth-order valence-corrected chi connectivity index (χ4v) is 2.66. The van der Waals surface area contributed by atoms with Gasteiger partial charge in [-0.05, 0) is 0 Å². The molecule has 1 N–H and O–H groups in total. The second kappa shape index (κ2) is 5.00. The van der Waals surface area contributed by atoms with Crippen molar-refractivity contribution in [2.24, 2.45) is 0 Å². The van der Waals surface area contributed by atoms with Crippen molar-refractivity contribution in [2.75, 3.05) is 0 Å². The predicted molar refractivity (Wildman–Crippen MR) is 61.5 cm³/mol. The Kier molecular flexibility index (Phi) is 3.50. The number of ether oxygens (including phenoxy) is 1. The van der Waals surface area contributed by atoms with Crippen molar-refractivity contribution in [3.63, 3.8) is 0 Å². The van der Waals surface area contributed by atoms with Crippen LogP contribution in [0.5, 0.6) is 5.88 Å². The van der Waals surface area contributed by atoms with E-state index in [1.54, 1.807) is 0 Å². The molecule has 1 saturated carbocycles. The number of rotatable bonds is 2. The first-order valence-corrected chi connectivity index (χ1v) is 6.57. The number of aromatic nitrogens is 1. The minimum atomic E-state index is -4.92. The summed E-state index contributed by atoms with van der Waals surface area (Å²) in [5, 5.41) is 9.58. The van der Waals surface area contributed by atoms with Crippen LogP contribution in [-0.4, -0.2) is 28.5 Å². The lowest BCUT2D eigenvalue weighted by atomic mass is 9.93. The maximum atomic E-state index is 13.9. The Balaban J connectivity index is 2.04. The molecule has 1 aromatic heterocycles. The number of hydrogen-bond donors (Lipinski definition) is 1. The zero-order chi connectivity index (χ0) is 16.2. The second-order valence-electron chi connectivity index (χ2n) is 5.40. The number of aliphatic hydroxyl groups excluding tert-OH is 1. The van der Waals surface area contributed by atoms with Crippen molar-refractivity contribution in [3.8, 4) is 5.88 Å². The van der Waals surface area contributed by atoms with E-state index in [9.17, 15) is 31.4 Å². The van der Waals surface area contributed by atoms with Gasteiger partial charge in [-0.15, -0.1) is 0 Å². The van der Waals surface area contributed by atoms with Crippen LogP contribution in [0, 0.1) is 0 Å². The Morgan fingerprint density at radius 1 is 1.14 bits per heavy atom. The first-order valence-electron chi connectivity index (χ1n) is 6.57. The monoisotopic (exact) mass is 327 g/mol. The summed E-state index contributed by atoms with van der Waals surface area (Å²) in [7, 11) is 0. The maximum Gasteiger partial charge on any atom is 0.418 e. The standard InChI is InChI=1S/C13H11F6NO2/c14-4-1-5(2-4)22-12-8-7(11(21)10(16)9(8)15)6(3-20-12)13(17,18)19/h3-5,9-11,21H,1-2H2/t4-,5-,9-,10-,11+/m1/s1. The highest BCUT2D eigenvalue weighted by Gasteiger charge is 2.50. The lowest BCUT2D eigenvalue weighted by Crippen LogP contribution is -2.35. The zero-order valence-corrected chi connectivity index (χ0v) is 10.9. The molecule has 22 heavy (non-hydrogen) atoms. The van der Waals surface area contributed by atoms with Gasteiger partial charge in [-0.2, -0.15) is 13.2 Å². The van der Waals surface area contributed by atoms with Gasteiger partial charge >= 0.3 is 6.18 Å². The smallest absolute Gasteiger partial charge is 0.418 e. The summed E-state index contributed by atoms with van der Waals surface area (Å²) in [5.41, 5.74) is -3.03. The van der Waals surface area contributed by atoms with Crippen LogP contribution >= 0.6 is 0 Å². The highest BCUT2D eigenvalue weighted by molar-refractivity contribution is 5.49. The molecule has 2 aliphatic carbocycles. The first-order chi connectivity index (χ1) is 10.2. The average molecular weight is 327 g/mol. The molecule has 3 nitrogen and oxygen atoms in total. The molecule has 1 fully saturated rings. The van der Waals surface area contributed by atoms with Crippen LogP contribution in [0.2, 0.25) is 0 Å². The van der Waals surface area contributed by atoms with Crippen molar-refractivity contribution in [1.29, 1.82) is 0 Å². The maximum absolute atomic E-state index is 13.9. The van der Waals surface area contributed by atoms with Gasteiger partial charge in [0.15, 0.2) is 12.3 Å². The highest BCUT2D eigenvalue weighted by atomic mass is 19.4. The van der Waals surface area contributed by atoms with Crippen molar-refractivity contribution >= 4 is 0 Å². The lowest BCUT2D eigenvalue weighted by molar-refractivity contribution is -0.139. The van der Waals surface area contributed by atoms with E-state index in [-0.39, 0.29) is 12.8 Å². The summed E-state index contributed by atoms with van der Waals surface area (Å²) in [4.78, 5) is 3.40. The lowest BCUT2D eigenvalue weighted by Gasteiger charge is -2.30. The normalized spacial score (nSPS) is 34.2. The molecule has 0 aliphatic heterocycles. The molecule has 0 radical (unpaired) electrons. The summed E-state index contributed by atoms with van der Waals surface area (Å²) >= 11 is 0. The molecule has 3 atom stereocenters. The van der Waals surface area contributed by atoms with Crippen molar-refractivity contribution < 1.29 is 36.2 Å². The average Bonchev–Trinajstić information content (AvgIpc) is 2.62. The van der Waals surface area contributed by atoms with Gasteiger partial charge in [0, 0.05) is 24.6 Å². The van der Waals surface area contributed by atoms with Crippen LogP contribution < -0.4 is 4.74 Å². The third-order valence-corrected chi connectivity index (χ3v) is 3.90. The van der Waals surface area contributed by atoms with Crippen molar-refractivity contribution in [3.05, 3.63) is 22.9 Å². The van der Waals surface area contributed by atoms with Crippen LogP contribution in [0.15, 0.2) is 6.20 Å². The topological polar surface area (TPSA) is 42.4 Å². The Labute approximate surface area is 120 Å². The minimum absolute atomic E-state index is 0.00996. The Morgan fingerprint density at radius 2 is 1.77 bits per heavy atom. The Bertz CT molecular complexity index is 587. The fraction of sp³-hybridized carbons (Fsp3) is 0.615. The van der Waals surface area contributed by atoms with Gasteiger partial charge in [-0.1, -0.05) is 0 Å². The number of fused-ring (bicyclic) bond motifs is 1. The molecule has 0 unspecified atom stereocenters. The largest absolute Gasteiger partial charge is 0.474 e. The molecule has 0 bridgehead atoms. The van der Waals surface area contributed by atoms with Gasteiger partial charge in [0.25, 0.3) is 0 Å². The summed E-state index contributed by atoms with van der Waals surface area (Å²) in [5.74, 6) is -0.522.